The number of carboxylic acid groups (broad SMARTS) is 2. The predicted octanol–water partition coefficient (Wildman–Crippen LogP) is 4.28. The molecule has 0 saturated carbocycles. The molecule has 0 atom stereocenters. The summed E-state index contributed by atoms with van der Waals surface area (Å²) < 4.78 is 0. The fraction of sp³-hybridized carbons (Fsp3) is 0.0714. The summed E-state index contributed by atoms with van der Waals surface area (Å²) in [5, 5.41) is 24.3. The predicted molar refractivity (Wildman–Crippen MR) is 139 cm³/mol. The summed E-state index contributed by atoms with van der Waals surface area (Å²) in [7, 11) is 0. The molecule has 0 saturated heterocycles. The van der Waals surface area contributed by atoms with Crippen LogP contribution in [0.15, 0.2) is 79.3 Å². The Morgan fingerprint density at radius 1 is 0.763 bits per heavy atom. The fourth-order valence-corrected chi connectivity index (χ4v) is 3.81. The quantitative estimate of drug-likeness (QED) is 0.273. The molecular formula is C28H22N4O6. The van der Waals surface area contributed by atoms with Gasteiger partial charge in [-0.2, -0.15) is 0 Å². The van der Waals surface area contributed by atoms with Crippen LogP contribution in [0.3, 0.4) is 0 Å². The third-order valence-electron chi connectivity index (χ3n) is 5.69. The number of anilines is 2. The molecule has 0 aliphatic rings. The number of nitrogens with one attached hydrogen (secondary N) is 2. The average molecular weight is 511 g/mol. The molecule has 0 radical (unpaired) electrons. The molecule has 38 heavy (non-hydrogen) atoms. The number of carbonyl (C=O) groups is 4. The van der Waals surface area contributed by atoms with E-state index in [0.29, 0.717) is 22.6 Å². The summed E-state index contributed by atoms with van der Waals surface area (Å²) in [6.07, 6.45) is 4.83. The number of aromatic carboxylic acids is 2. The molecule has 0 fully saturated rings. The standard InChI is InChI=1S/C28H22N4O6/c1-16-15-29-10-9-24(16)32-26(34)23-13-17(6-7-22(23)28(37)38)12-19-14-18(8-11-30-19)31-25(33)20-4-2-3-5-21(20)27(35)36/h2-11,13-15H,12H2,1H3,(H,35,36)(H,37,38)(H,29,32,34)(H,30,31,33). The minimum absolute atomic E-state index is 0.0130. The van der Waals surface area contributed by atoms with Crippen LogP contribution in [0.1, 0.15) is 58.3 Å². The lowest BCUT2D eigenvalue weighted by Crippen LogP contribution is -2.17. The van der Waals surface area contributed by atoms with Gasteiger partial charge >= 0.3 is 11.9 Å². The van der Waals surface area contributed by atoms with Gasteiger partial charge in [0.15, 0.2) is 0 Å². The number of hydrogen-bond acceptors (Lipinski definition) is 6. The van der Waals surface area contributed by atoms with Gasteiger partial charge in [0.1, 0.15) is 0 Å². The molecule has 4 N–H and O–H groups in total. The minimum Gasteiger partial charge on any atom is -0.478 e. The number of hydrogen-bond donors (Lipinski definition) is 4. The molecule has 4 rings (SSSR count). The average Bonchev–Trinajstić information content (AvgIpc) is 2.90. The van der Waals surface area contributed by atoms with Crippen LogP contribution in [0.5, 0.6) is 0 Å². The van der Waals surface area contributed by atoms with Gasteiger partial charge < -0.3 is 20.8 Å². The first-order valence-electron chi connectivity index (χ1n) is 11.4. The molecular weight excluding hydrogens is 488 g/mol. The van der Waals surface area contributed by atoms with E-state index in [0.717, 1.165) is 5.56 Å². The molecule has 2 heterocycles. The van der Waals surface area contributed by atoms with Gasteiger partial charge in [-0.3, -0.25) is 19.6 Å². The molecule has 0 aliphatic carbocycles. The number of carbonyl (C=O) groups excluding carboxylic acids is 2. The molecule has 0 unspecified atom stereocenters. The summed E-state index contributed by atoms with van der Waals surface area (Å²) in [5.41, 5.74) is 2.53. The molecule has 0 bridgehead atoms. The maximum atomic E-state index is 13.0. The second kappa shape index (κ2) is 11.1. The number of aryl methyl sites for hydroxylation is 1. The van der Waals surface area contributed by atoms with Gasteiger partial charge in [0, 0.05) is 42.1 Å². The summed E-state index contributed by atoms with van der Waals surface area (Å²) in [6, 6.07) is 15.1. The molecule has 2 amide bonds. The molecule has 190 valence electrons. The summed E-state index contributed by atoms with van der Waals surface area (Å²) in [6.45, 7) is 1.77. The Balaban J connectivity index is 1.56. The zero-order valence-corrected chi connectivity index (χ0v) is 20.1. The van der Waals surface area contributed by atoms with E-state index in [1.54, 1.807) is 43.5 Å². The van der Waals surface area contributed by atoms with E-state index in [9.17, 15) is 29.4 Å². The smallest absolute Gasteiger partial charge is 0.336 e. The Bertz CT molecular complexity index is 1570. The number of benzene rings is 2. The van der Waals surface area contributed by atoms with E-state index in [4.69, 9.17) is 0 Å². The Hall–Kier alpha value is -5.38. The van der Waals surface area contributed by atoms with Crippen LogP contribution in [-0.4, -0.2) is 43.9 Å². The highest BCUT2D eigenvalue weighted by Gasteiger charge is 2.19. The lowest BCUT2D eigenvalue weighted by molar-refractivity contribution is 0.0683. The van der Waals surface area contributed by atoms with Crippen LogP contribution in [-0.2, 0) is 6.42 Å². The summed E-state index contributed by atoms with van der Waals surface area (Å²) >= 11 is 0. The van der Waals surface area contributed by atoms with Gasteiger partial charge in [-0.15, -0.1) is 0 Å². The monoisotopic (exact) mass is 510 g/mol. The van der Waals surface area contributed by atoms with Gasteiger partial charge in [-0.05, 0) is 60.5 Å². The van der Waals surface area contributed by atoms with Crippen LogP contribution < -0.4 is 10.6 Å². The SMILES string of the molecule is Cc1cnccc1NC(=O)c1cc(Cc2cc(NC(=O)c3ccccc3C(=O)O)ccn2)ccc1C(=O)O. The van der Waals surface area contributed by atoms with Crippen molar-refractivity contribution >= 4 is 35.1 Å². The van der Waals surface area contributed by atoms with Crippen LogP contribution in [0.4, 0.5) is 11.4 Å². The highest BCUT2D eigenvalue weighted by atomic mass is 16.4. The zero-order chi connectivity index (χ0) is 27.2. The fourth-order valence-electron chi connectivity index (χ4n) is 3.81. The van der Waals surface area contributed by atoms with Crippen LogP contribution in [0, 0.1) is 6.92 Å². The van der Waals surface area contributed by atoms with Gasteiger partial charge in [0.05, 0.1) is 22.3 Å². The van der Waals surface area contributed by atoms with E-state index < -0.39 is 23.8 Å². The number of pyridine rings is 2. The van der Waals surface area contributed by atoms with Crippen molar-refractivity contribution in [1.29, 1.82) is 0 Å². The molecule has 10 heteroatoms. The van der Waals surface area contributed by atoms with E-state index in [2.05, 4.69) is 20.6 Å². The lowest BCUT2D eigenvalue weighted by Gasteiger charge is -2.12. The highest BCUT2D eigenvalue weighted by Crippen LogP contribution is 2.20. The van der Waals surface area contributed by atoms with Crippen molar-refractivity contribution in [2.75, 3.05) is 10.6 Å². The molecule has 4 aromatic rings. The van der Waals surface area contributed by atoms with Crippen molar-refractivity contribution < 1.29 is 29.4 Å². The molecule has 2 aromatic heterocycles. The van der Waals surface area contributed by atoms with Gasteiger partial charge in [0.2, 0.25) is 0 Å². The van der Waals surface area contributed by atoms with Crippen molar-refractivity contribution in [3.63, 3.8) is 0 Å². The first kappa shape index (κ1) is 25.7. The minimum atomic E-state index is -1.24. The van der Waals surface area contributed by atoms with Crippen molar-refractivity contribution in [3.05, 3.63) is 118 Å². The van der Waals surface area contributed by atoms with Crippen LogP contribution in [0.25, 0.3) is 0 Å². The largest absolute Gasteiger partial charge is 0.478 e. The normalized spacial score (nSPS) is 10.4. The third-order valence-corrected chi connectivity index (χ3v) is 5.69. The van der Waals surface area contributed by atoms with E-state index in [1.807, 2.05) is 0 Å². The Labute approximate surface area is 217 Å². The maximum Gasteiger partial charge on any atom is 0.336 e. The number of aromatic nitrogens is 2. The van der Waals surface area contributed by atoms with Crippen LogP contribution >= 0.6 is 0 Å². The Morgan fingerprint density at radius 2 is 1.45 bits per heavy atom. The van der Waals surface area contributed by atoms with Crippen molar-refractivity contribution in [1.82, 2.24) is 9.97 Å². The Kier molecular flexibility index (Phi) is 7.53. The Morgan fingerprint density at radius 3 is 2.16 bits per heavy atom. The first-order valence-corrected chi connectivity index (χ1v) is 11.4. The second-order valence-electron chi connectivity index (χ2n) is 8.35. The summed E-state index contributed by atoms with van der Waals surface area (Å²) in [4.78, 5) is 57.2. The molecule has 0 spiro atoms. The topological polar surface area (TPSA) is 159 Å². The maximum absolute atomic E-state index is 13.0. The zero-order valence-electron chi connectivity index (χ0n) is 20.1. The van der Waals surface area contributed by atoms with Crippen molar-refractivity contribution in [2.24, 2.45) is 0 Å². The van der Waals surface area contributed by atoms with Crippen molar-refractivity contribution in [2.45, 2.75) is 13.3 Å². The highest BCUT2D eigenvalue weighted by molar-refractivity contribution is 6.11. The van der Waals surface area contributed by atoms with Gasteiger partial charge in [-0.25, -0.2) is 9.59 Å². The summed E-state index contributed by atoms with van der Waals surface area (Å²) in [5.74, 6) is -3.62. The lowest BCUT2D eigenvalue weighted by atomic mass is 10.00. The van der Waals surface area contributed by atoms with Crippen LogP contribution in [0.2, 0.25) is 0 Å². The van der Waals surface area contributed by atoms with E-state index in [-0.39, 0.29) is 28.7 Å². The number of nitrogens with zero attached hydrogens (tertiary/aromatic N) is 2. The first-order chi connectivity index (χ1) is 18.2. The van der Waals surface area contributed by atoms with Crippen molar-refractivity contribution in [3.8, 4) is 0 Å². The molecule has 2 aromatic carbocycles. The number of rotatable bonds is 8. The van der Waals surface area contributed by atoms with Gasteiger partial charge in [0.25, 0.3) is 11.8 Å². The third kappa shape index (κ3) is 5.88. The molecule has 0 aliphatic heterocycles. The molecule has 10 nitrogen and oxygen atoms in total. The number of carboxylic acids is 2. The van der Waals surface area contributed by atoms with E-state index >= 15 is 0 Å². The van der Waals surface area contributed by atoms with Gasteiger partial charge in [-0.1, -0.05) is 18.2 Å². The number of amides is 2. The van der Waals surface area contributed by atoms with E-state index in [1.165, 1.54) is 42.7 Å². The second-order valence-corrected chi connectivity index (χ2v) is 8.35.